The van der Waals surface area contributed by atoms with Crippen LogP contribution >= 0.6 is 23.4 Å². The maximum atomic E-state index is 13.1. The van der Waals surface area contributed by atoms with Crippen molar-refractivity contribution in [3.63, 3.8) is 0 Å². The number of hydrogen-bond donors (Lipinski definition) is 0. The quantitative estimate of drug-likeness (QED) is 0.826. The summed E-state index contributed by atoms with van der Waals surface area (Å²) in [5.41, 5.74) is -1.11. The van der Waals surface area contributed by atoms with E-state index in [1.807, 2.05) is 0 Å². The van der Waals surface area contributed by atoms with E-state index in [0.717, 1.165) is 34.9 Å². The van der Waals surface area contributed by atoms with Gasteiger partial charge in [0.1, 0.15) is 0 Å². The molecule has 120 valence electrons. The third-order valence-electron chi connectivity index (χ3n) is 3.28. The monoisotopic (exact) mass is 351 g/mol. The van der Waals surface area contributed by atoms with Gasteiger partial charge in [-0.2, -0.15) is 13.2 Å². The van der Waals surface area contributed by atoms with Crippen molar-refractivity contribution in [2.45, 2.75) is 19.5 Å². The third-order valence-corrected chi connectivity index (χ3v) is 4.56. The second-order valence-corrected chi connectivity index (χ2v) is 6.67. The van der Waals surface area contributed by atoms with Crippen LogP contribution in [0, 0.1) is 5.92 Å². The highest BCUT2D eigenvalue weighted by Crippen LogP contribution is 2.40. The predicted octanol–water partition coefficient (Wildman–Crippen LogP) is 3.99. The van der Waals surface area contributed by atoms with Gasteiger partial charge in [-0.1, -0.05) is 23.4 Å². The van der Waals surface area contributed by atoms with E-state index in [1.54, 1.807) is 0 Å². The van der Waals surface area contributed by atoms with Crippen LogP contribution in [0.5, 0.6) is 0 Å². The molecule has 1 aromatic rings. The number of nitrogens with zero attached hydrogens (tertiary/aromatic N) is 1. The molecule has 1 atom stereocenters. The Hall–Kier alpha value is -1.21. The summed E-state index contributed by atoms with van der Waals surface area (Å²) in [5.74, 6) is -0.122. The SMILES string of the molecule is CC(=O)SCC1CC(=O)N(c2cc(Cl)ccc2C(F)(F)F)C1. The summed E-state index contributed by atoms with van der Waals surface area (Å²) in [6, 6.07) is 3.18. The number of anilines is 1. The molecule has 1 fully saturated rings. The molecule has 1 heterocycles. The summed E-state index contributed by atoms with van der Waals surface area (Å²) in [5, 5.41) is 0.0574. The van der Waals surface area contributed by atoms with Gasteiger partial charge < -0.3 is 4.90 Å². The summed E-state index contributed by atoms with van der Waals surface area (Å²) < 4.78 is 39.2. The second kappa shape index (κ2) is 6.50. The topological polar surface area (TPSA) is 37.4 Å². The highest BCUT2D eigenvalue weighted by Gasteiger charge is 2.39. The zero-order chi connectivity index (χ0) is 16.5. The van der Waals surface area contributed by atoms with E-state index >= 15 is 0 Å². The van der Waals surface area contributed by atoms with Crippen molar-refractivity contribution in [3.05, 3.63) is 28.8 Å². The Morgan fingerprint density at radius 2 is 2.14 bits per heavy atom. The average Bonchev–Trinajstić information content (AvgIpc) is 2.76. The van der Waals surface area contributed by atoms with Gasteiger partial charge in [-0.05, 0) is 24.1 Å². The molecule has 0 aliphatic carbocycles. The zero-order valence-electron chi connectivity index (χ0n) is 11.6. The van der Waals surface area contributed by atoms with Crippen LogP contribution in [0.15, 0.2) is 18.2 Å². The van der Waals surface area contributed by atoms with Crippen molar-refractivity contribution < 1.29 is 22.8 Å². The van der Waals surface area contributed by atoms with Gasteiger partial charge in [0, 0.05) is 30.7 Å². The molecule has 1 aliphatic heterocycles. The summed E-state index contributed by atoms with van der Waals surface area (Å²) in [4.78, 5) is 24.1. The molecule has 1 aliphatic rings. The first-order chi connectivity index (χ1) is 10.2. The number of hydrogen-bond acceptors (Lipinski definition) is 3. The van der Waals surface area contributed by atoms with Crippen molar-refractivity contribution in [1.82, 2.24) is 0 Å². The van der Waals surface area contributed by atoms with Gasteiger partial charge in [0.25, 0.3) is 0 Å². The van der Waals surface area contributed by atoms with Crippen LogP contribution in [0.3, 0.4) is 0 Å². The minimum Gasteiger partial charge on any atom is -0.311 e. The van der Waals surface area contributed by atoms with Gasteiger partial charge in [0.15, 0.2) is 5.12 Å². The standard InChI is InChI=1S/C14H13ClF3NO2S/c1-8(20)22-7-9-4-13(21)19(6-9)12-5-10(15)2-3-11(12)14(16,17)18/h2-3,5,9H,4,6-7H2,1H3. The van der Waals surface area contributed by atoms with E-state index < -0.39 is 11.7 Å². The molecule has 1 saturated heterocycles. The number of amides is 1. The van der Waals surface area contributed by atoms with Crippen molar-refractivity contribution in [1.29, 1.82) is 0 Å². The van der Waals surface area contributed by atoms with E-state index in [2.05, 4.69) is 0 Å². The van der Waals surface area contributed by atoms with Gasteiger partial charge in [0.05, 0.1) is 11.3 Å². The van der Waals surface area contributed by atoms with E-state index in [-0.39, 0.29) is 40.6 Å². The highest BCUT2D eigenvalue weighted by atomic mass is 35.5. The Morgan fingerprint density at radius 1 is 1.45 bits per heavy atom. The number of halogens is 4. The largest absolute Gasteiger partial charge is 0.418 e. The van der Waals surface area contributed by atoms with Crippen LogP contribution < -0.4 is 4.90 Å². The molecule has 3 nitrogen and oxygen atoms in total. The van der Waals surface area contributed by atoms with Crippen LogP contribution in [0.25, 0.3) is 0 Å². The second-order valence-electron chi connectivity index (χ2n) is 5.04. The molecule has 0 radical (unpaired) electrons. The lowest BCUT2D eigenvalue weighted by Gasteiger charge is -2.22. The van der Waals surface area contributed by atoms with Gasteiger partial charge in [-0.15, -0.1) is 0 Å². The van der Waals surface area contributed by atoms with E-state index in [0.29, 0.717) is 5.75 Å². The van der Waals surface area contributed by atoms with Crippen molar-refractivity contribution in [2.75, 3.05) is 17.2 Å². The first-order valence-electron chi connectivity index (χ1n) is 6.49. The minimum atomic E-state index is -4.56. The summed E-state index contributed by atoms with van der Waals surface area (Å²) in [6.07, 6.45) is -4.43. The van der Waals surface area contributed by atoms with Crippen molar-refractivity contribution >= 4 is 40.1 Å². The maximum absolute atomic E-state index is 13.1. The number of alkyl halides is 3. The smallest absolute Gasteiger partial charge is 0.311 e. The fraction of sp³-hybridized carbons (Fsp3) is 0.429. The van der Waals surface area contributed by atoms with Gasteiger partial charge in [-0.25, -0.2) is 0 Å². The Balaban J connectivity index is 2.26. The lowest BCUT2D eigenvalue weighted by molar-refractivity contribution is -0.137. The highest BCUT2D eigenvalue weighted by molar-refractivity contribution is 8.13. The Labute approximate surface area is 134 Å². The molecule has 0 saturated carbocycles. The molecule has 0 N–H and O–H groups in total. The third kappa shape index (κ3) is 3.95. The number of benzene rings is 1. The number of carbonyl (C=O) groups is 2. The molecule has 0 spiro atoms. The predicted molar refractivity (Wildman–Crippen MR) is 80.1 cm³/mol. The van der Waals surface area contributed by atoms with E-state index in [4.69, 9.17) is 11.6 Å². The van der Waals surface area contributed by atoms with Gasteiger partial charge in [-0.3, -0.25) is 9.59 Å². The van der Waals surface area contributed by atoms with Crippen molar-refractivity contribution in [2.24, 2.45) is 5.92 Å². The number of thioether (sulfide) groups is 1. The van der Waals surface area contributed by atoms with Crippen LogP contribution in [0.4, 0.5) is 18.9 Å². The molecule has 0 aromatic heterocycles. The molecule has 1 unspecified atom stereocenters. The molecule has 0 bridgehead atoms. The molecular weight excluding hydrogens is 339 g/mol. The van der Waals surface area contributed by atoms with Gasteiger partial charge >= 0.3 is 6.18 Å². The van der Waals surface area contributed by atoms with E-state index in [9.17, 15) is 22.8 Å². The van der Waals surface area contributed by atoms with E-state index in [1.165, 1.54) is 6.92 Å². The Morgan fingerprint density at radius 3 is 2.73 bits per heavy atom. The molecule has 22 heavy (non-hydrogen) atoms. The lowest BCUT2D eigenvalue weighted by atomic mass is 10.1. The van der Waals surface area contributed by atoms with Crippen molar-refractivity contribution in [3.8, 4) is 0 Å². The summed E-state index contributed by atoms with van der Waals surface area (Å²) in [6.45, 7) is 1.57. The fourth-order valence-corrected chi connectivity index (χ4v) is 3.19. The number of carbonyl (C=O) groups excluding carboxylic acids is 2. The van der Waals surface area contributed by atoms with Crippen LogP contribution in [0.1, 0.15) is 18.9 Å². The molecular formula is C14H13ClF3NO2S. The minimum absolute atomic E-state index is 0.0790. The first kappa shape index (κ1) is 17.1. The van der Waals surface area contributed by atoms with Crippen LogP contribution in [-0.4, -0.2) is 23.3 Å². The fourth-order valence-electron chi connectivity index (χ4n) is 2.33. The van der Waals surface area contributed by atoms with Crippen LogP contribution in [-0.2, 0) is 15.8 Å². The Kier molecular flexibility index (Phi) is 5.07. The molecule has 8 heteroatoms. The zero-order valence-corrected chi connectivity index (χ0v) is 13.2. The number of rotatable bonds is 3. The Bertz CT molecular complexity index is 606. The molecule has 2 rings (SSSR count). The summed E-state index contributed by atoms with van der Waals surface area (Å²) >= 11 is 6.85. The molecule has 1 amide bonds. The summed E-state index contributed by atoms with van der Waals surface area (Å²) in [7, 11) is 0. The lowest BCUT2D eigenvalue weighted by Crippen LogP contribution is -2.27. The maximum Gasteiger partial charge on any atom is 0.418 e. The molecule has 1 aromatic carbocycles. The first-order valence-corrected chi connectivity index (χ1v) is 7.85. The van der Waals surface area contributed by atoms with Crippen LogP contribution in [0.2, 0.25) is 5.02 Å². The average molecular weight is 352 g/mol. The van der Waals surface area contributed by atoms with Gasteiger partial charge in [0.2, 0.25) is 5.91 Å². The normalized spacial score (nSPS) is 18.9.